The Morgan fingerprint density at radius 1 is 1.27 bits per heavy atom. The van der Waals surface area contributed by atoms with Gasteiger partial charge in [-0.1, -0.05) is 31.5 Å². The van der Waals surface area contributed by atoms with Crippen molar-refractivity contribution >= 4 is 16.8 Å². The second kappa shape index (κ2) is 4.02. The Hall–Kier alpha value is -1.61. The number of likely N-dealkylation sites (N-methyl/N-ethyl adjacent to an activating group) is 1. The molecule has 0 N–H and O–H groups in total. The summed E-state index contributed by atoms with van der Waals surface area (Å²) in [6.45, 7) is 3.33. The standard InChI is InChI=1S/C19H22N2O/c1-19-9-5-8-15-17(19)18-13(11-20(15)2)12-6-3-4-7-14(12)21(18)16(22)10-19/h3-4,6-7,15,17H,5,8-11H2,1-2H3/t15-,17+,19-/m0/s1. The zero-order chi connectivity index (χ0) is 15.1. The molecule has 2 aliphatic heterocycles. The maximum atomic E-state index is 12.9. The van der Waals surface area contributed by atoms with Crippen LogP contribution in [-0.4, -0.2) is 28.5 Å². The van der Waals surface area contributed by atoms with E-state index in [0.29, 0.717) is 24.3 Å². The van der Waals surface area contributed by atoms with Crippen LogP contribution in [0.2, 0.25) is 0 Å². The van der Waals surface area contributed by atoms with Crippen molar-refractivity contribution in [3.8, 4) is 0 Å². The Bertz CT molecular complexity index is 805. The number of carbonyl (C=O) groups excluding carboxylic acids is 1. The molecule has 3 aliphatic rings. The molecule has 3 heteroatoms. The first-order chi connectivity index (χ1) is 10.6. The fourth-order valence-corrected chi connectivity index (χ4v) is 5.57. The number of aromatic nitrogens is 1. The van der Waals surface area contributed by atoms with E-state index in [-0.39, 0.29) is 5.41 Å². The first-order valence-electron chi connectivity index (χ1n) is 8.46. The SMILES string of the molecule is CN1Cc2c3n(c4ccccc24)C(=O)C[C@]2(C)CCC[C@H]1[C@H]32. The maximum Gasteiger partial charge on any atom is 0.231 e. The zero-order valence-corrected chi connectivity index (χ0v) is 13.3. The Kier molecular flexibility index (Phi) is 2.35. The van der Waals surface area contributed by atoms with Gasteiger partial charge >= 0.3 is 0 Å². The molecular weight excluding hydrogens is 272 g/mol. The van der Waals surface area contributed by atoms with Gasteiger partial charge in [0.15, 0.2) is 0 Å². The zero-order valence-electron chi connectivity index (χ0n) is 13.3. The van der Waals surface area contributed by atoms with Crippen molar-refractivity contribution in [1.82, 2.24) is 9.47 Å². The molecule has 0 spiro atoms. The molecule has 0 saturated heterocycles. The van der Waals surface area contributed by atoms with Crippen LogP contribution < -0.4 is 0 Å². The molecule has 1 saturated carbocycles. The molecule has 0 radical (unpaired) electrons. The highest BCUT2D eigenvalue weighted by molar-refractivity contribution is 5.97. The Morgan fingerprint density at radius 2 is 2.09 bits per heavy atom. The minimum absolute atomic E-state index is 0.147. The summed E-state index contributed by atoms with van der Waals surface area (Å²) in [6, 6.07) is 9.06. The van der Waals surface area contributed by atoms with Crippen molar-refractivity contribution < 1.29 is 4.79 Å². The molecule has 3 atom stereocenters. The van der Waals surface area contributed by atoms with E-state index >= 15 is 0 Å². The molecule has 0 bridgehead atoms. The highest BCUT2D eigenvalue weighted by Gasteiger charge is 2.53. The second-order valence-corrected chi connectivity index (χ2v) is 7.79. The van der Waals surface area contributed by atoms with Crippen molar-refractivity contribution in [2.24, 2.45) is 5.41 Å². The van der Waals surface area contributed by atoms with Crippen molar-refractivity contribution in [2.75, 3.05) is 7.05 Å². The number of hydrogen-bond donors (Lipinski definition) is 0. The summed E-state index contributed by atoms with van der Waals surface area (Å²) in [5.74, 6) is 0.821. The normalized spacial score (nSPS) is 34.0. The van der Waals surface area contributed by atoms with E-state index < -0.39 is 0 Å². The third-order valence-corrected chi connectivity index (χ3v) is 6.48. The van der Waals surface area contributed by atoms with Gasteiger partial charge in [-0.3, -0.25) is 14.3 Å². The van der Waals surface area contributed by atoms with Crippen LogP contribution in [0.1, 0.15) is 54.6 Å². The maximum absolute atomic E-state index is 12.9. The molecule has 0 unspecified atom stereocenters. The van der Waals surface area contributed by atoms with Crippen LogP contribution in [0.25, 0.3) is 10.9 Å². The molecule has 1 fully saturated rings. The van der Waals surface area contributed by atoms with Crippen LogP contribution >= 0.6 is 0 Å². The lowest BCUT2D eigenvalue weighted by Gasteiger charge is -2.54. The fourth-order valence-electron chi connectivity index (χ4n) is 5.57. The largest absolute Gasteiger partial charge is 0.298 e. The van der Waals surface area contributed by atoms with E-state index in [1.54, 1.807) is 0 Å². The van der Waals surface area contributed by atoms with Crippen LogP contribution in [0, 0.1) is 5.41 Å². The molecule has 3 nitrogen and oxygen atoms in total. The third-order valence-electron chi connectivity index (χ3n) is 6.48. The molecule has 3 heterocycles. The summed E-state index contributed by atoms with van der Waals surface area (Å²) in [5.41, 5.74) is 4.02. The van der Waals surface area contributed by atoms with Crippen molar-refractivity contribution in [2.45, 2.75) is 51.1 Å². The minimum atomic E-state index is 0.147. The number of nitrogens with zero attached hydrogens (tertiary/aromatic N) is 2. The predicted octanol–water partition coefficient (Wildman–Crippen LogP) is 3.77. The van der Waals surface area contributed by atoms with Gasteiger partial charge in [0, 0.05) is 36.0 Å². The van der Waals surface area contributed by atoms with E-state index in [0.717, 1.165) is 12.1 Å². The summed E-state index contributed by atoms with van der Waals surface area (Å²) in [4.78, 5) is 15.5. The van der Waals surface area contributed by atoms with Gasteiger partial charge in [0.2, 0.25) is 5.91 Å². The fraction of sp³-hybridized carbons (Fsp3) is 0.526. The smallest absolute Gasteiger partial charge is 0.231 e. The lowest BCUT2D eigenvalue weighted by Crippen LogP contribution is -2.53. The summed E-state index contributed by atoms with van der Waals surface area (Å²) in [7, 11) is 2.27. The average Bonchev–Trinajstić information content (AvgIpc) is 2.82. The van der Waals surface area contributed by atoms with Gasteiger partial charge in [0.1, 0.15) is 0 Å². The third kappa shape index (κ3) is 1.38. The lowest BCUT2D eigenvalue weighted by atomic mass is 9.59. The van der Waals surface area contributed by atoms with Crippen LogP contribution in [0.3, 0.4) is 0 Å². The van der Waals surface area contributed by atoms with Crippen molar-refractivity contribution in [3.05, 3.63) is 35.5 Å². The molecule has 2 aromatic rings. The van der Waals surface area contributed by atoms with Crippen LogP contribution in [0.15, 0.2) is 24.3 Å². The topological polar surface area (TPSA) is 25.2 Å². The van der Waals surface area contributed by atoms with E-state index in [4.69, 9.17) is 0 Å². The van der Waals surface area contributed by atoms with Crippen LogP contribution in [0.5, 0.6) is 0 Å². The van der Waals surface area contributed by atoms with Gasteiger partial charge in [-0.25, -0.2) is 0 Å². The summed E-state index contributed by atoms with van der Waals surface area (Å²) >= 11 is 0. The number of benzene rings is 1. The predicted molar refractivity (Wildman–Crippen MR) is 87.1 cm³/mol. The van der Waals surface area contributed by atoms with Crippen molar-refractivity contribution in [1.29, 1.82) is 0 Å². The van der Waals surface area contributed by atoms with Gasteiger partial charge in [-0.2, -0.15) is 0 Å². The molecule has 22 heavy (non-hydrogen) atoms. The molecule has 1 aliphatic carbocycles. The summed E-state index contributed by atoms with van der Waals surface area (Å²) in [5, 5.41) is 1.28. The van der Waals surface area contributed by atoms with E-state index in [1.807, 2.05) is 0 Å². The molecule has 5 rings (SSSR count). The minimum Gasteiger partial charge on any atom is -0.298 e. The lowest BCUT2D eigenvalue weighted by molar-refractivity contribution is 0.0260. The van der Waals surface area contributed by atoms with Crippen LogP contribution in [-0.2, 0) is 6.54 Å². The summed E-state index contributed by atoms with van der Waals surface area (Å²) in [6.07, 6.45) is 4.42. The monoisotopic (exact) mass is 294 g/mol. The number of hydrogen-bond acceptors (Lipinski definition) is 2. The molecule has 1 aromatic heterocycles. The van der Waals surface area contributed by atoms with E-state index in [1.165, 1.54) is 35.9 Å². The van der Waals surface area contributed by atoms with E-state index in [9.17, 15) is 4.79 Å². The first-order valence-corrected chi connectivity index (χ1v) is 8.46. The summed E-state index contributed by atoms with van der Waals surface area (Å²) < 4.78 is 2.07. The van der Waals surface area contributed by atoms with Gasteiger partial charge in [-0.15, -0.1) is 0 Å². The van der Waals surface area contributed by atoms with Gasteiger partial charge in [0.05, 0.1) is 5.52 Å². The van der Waals surface area contributed by atoms with E-state index in [2.05, 4.69) is 47.7 Å². The first kappa shape index (κ1) is 12.9. The second-order valence-electron chi connectivity index (χ2n) is 7.79. The Labute approximate surface area is 130 Å². The number of fused-ring (bicyclic) bond motifs is 3. The quantitative estimate of drug-likeness (QED) is 0.739. The van der Waals surface area contributed by atoms with Gasteiger partial charge in [-0.05, 0) is 36.9 Å². The van der Waals surface area contributed by atoms with Gasteiger partial charge < -0.3 is 0 Å². The highest BCUT2D eigenvalue weighted by atomic mass is 16.2. The highest BCUT2D eigenvalue weighted by Crippen LogP contribution is 2.57. The Morgan fingerprint density at radius 3 is 2.95 bits per heavy atom. The number of rotatable bonds is 0. The molecule has 1 aromatic carbocycles. The molecular formula is C19H22N2O. The number of para-hydroxylation sites is 1. The average molecular weight is 294 g/mol. The number of carbonyl (C=O) groups is 1. The molecule has 114 valence electrons. The van der Waals surface area contributed by atoms with Crippen LogP contribution in [0.4, 0.5) is 0 Å². The van der Waals surface area contributed by atoms with Crippen molar-refractivity contribution in [3.63, 3.8) is 0 Å². The Balaban J connectivity index is 1.90. The molecule has 0 amide bonds. The van der Waals surface area contributed by atoms with Gasteiger partial charge in [0.25, 0.3) is 0 Å².